The van der Waals surface area contributed by atoms with E-state index < -0.39 is 46.1 Å². The summed E-state index contributed by atoms with van der Waals surface area (Å²) in [5.74, 6) is -1.27. The number of nitrogens with one attached hydrogen (secondary N) is 2. The number of piperazine rings is 1. The van der Waals surface area contributed by atoms with Crippen molar-refractivity contribution in [3.63, 3.8) is 0 Å². The average Bonchev–Trinajstić information content (AvgIpc) is 3.61. The molecule has 5 amide bonds. The number of sulfonamides is 1. The summed E-state index contributed by atoms with van der Waals surface area (Å²) in [7, 11) is -2.99. The molecule has 50 heavy (non-hydrogen) atoms. The van der Waals surface area contributed by atoms with Gasteiger partial charge >= 0.3 is 24.2 Å². The van der Waals surface area contributed by atoms with Crippen molar-refractivity contribution in [1.82, 2.24) is 29.6 Å². The molecule has 3 saturated heterocycles. The maximum Gasteiger partial charge on any atom is 0.409 e. The standard InChI is InChI=1S/C31H44Cl2N6O10S/c1-3-48-30(43)37-12-14-38(15-13-37)31(44)49-16-8-21-6-10-36(11-7-21)29(42)34-20-25(28(41)47-2)35-27(40)26-5-4-9-39(26)50(45,46)24-18-22(32)17-23(33)19-24/h17-19,21,25-26H,3-16,20H2,1-2H3,(H,34,42)(H,35,40)/t25-,26-/m0/s1. The maximum absolute atomic E-state index is 13.4. The molecule has 2 N–H and O–H groups in total. The first-order valence-corrected chi connectivity index (χ1v) is 18.8. The number of methoxy groups -OCH3 is 1. The molecule has 4 rings (SSSR count). The first-order chi connectivity index (χ1) is 23.8. The molecule has 3 aliphatic rings. The molecule has 0 spiro atoms. The van der Waals surface area contributed by atoms with Crippen LogP contribution < -0.4 is 10.6 Å². The number of ether oxygens (including phenoxy) is 3. The number of esters is 1. The molecule has 278 valence electrons. The Kier molecular flexibility index (Phi) is 14.2. The summed E-state index contributed by atoms with van der Waals surface area (Å²) in [4.78, 5) is 67.7. The highest BCUT2D eigenvalue weighted by Gasteiger charge is 2.41. The molecule has 0 bridgehead atoms. The Morgan fingerprint density at radius 3 is 2.04 bits per heavy atom. The monoisotopic (exact) mass is 762 g/mol. The first-order valence-electron chi connectivity index (χ1n) is 16.6. The number of urea groups is 1. The van der Waals surface area contributed by atoms with Crippen molar-refractivity contribution in [2.45, 2.75) is 56.0 Å². The van der Waals surface area contributed by atoms with E-state index >= 15 is 0 Å². The van der Waals surface area contributed by atoms with Gasteiger partial charge in [-0.15, -0.1) is 0 Å². The fourth-order valence-corrected chi connectivity index (χ4v) is 8.51. The van der Waals surface area contributed by atoms with Gasteiger partial charge in [0.1, 0.15) is 12.1 Å². The highest BCUT2D eigenvalue weighted by Crippen LogP contribution is 2.30. The van der Waals surface area contributed by atoms with Gasteiger partial charge in [-0.05, 0) is 63.1 Å². The van der Waals surface area contributed by atoms with E-state index in [1.165, 1.54) is 18.2 Å². The van der Waals surface area contributed by atoms with Gasteiger partial charge < -0.3 is 39.5 Å². The summed E-state index contributed by atoms with van der Waals surface area (Å²) in [6, 6.07) is 1.11. The van der Waals surface area contributed by atoms with Crippen LogP contribution in [0.3, 0.4) is 0 Å². The predicted octanol–water partition coefficient (Wildman–Crippen LogP) is 2.53. The highest BCUT2D eigenvalue weighted by molar-refractivity contribution is 7.89. The number of hydrogen-bond acceptors (Lipinski definition) is 10. The summed E-state index contributed by atoms with van der Waals surface area (Å²) < 4.78 is 43.1. The van der Waals surface area contributed by atoms with Gasteiger partial charge in [-0.3, -0.25) is 4.79 Å². The lowest BCUT2D eigenvalue weighted by Gasteiger charge is -2.34. The zero-order valence-electron chi connectivity index (χ0n) is 28.1. The van der Waals surface area contributed by atoms with Gasteiger partial charge in [-0.1, -0.05) is 23.2 Å². The minimum atomic E-state index is -4.14. The summed E-state index contributed by atoms with van der Waals surface area (Å²) in [6.45, 7) is 4.46. The third-order valence-electron chi connectivity index (χ3n) is 8.93. The molecule has 16 nitrogen and oxygen atoms in total. The smallest absolute Gasteiger partial charge is 0.409 e. The van der Waals surface area contributed by atoms with E-state index in [-0.39, 0.29) is 53.1 Å². The Hall–Kier alpha value is -3.54. The predicted molar refractivity (Wildman–Crippen MR) is 181 cm³/mol. The van der Waals surface area contributed by atoms with Gasteiger partial charge in [0.05, 0.1) is 31.8 Å². The van der Waals surface area contributed by atoms with Gasteiger partial charge in [0, 0.05) is 55.9 Å². The zero-order chi connectivity index (χ0) is 36.4. The number of benzene rings is 1. The van der Waals surface area contributed by atoms with Crippen LogP contribution in [0.5, 0.6) is 0 Å². The molecule has 19 heteroatoms. The van der Waals surface area contributed by atoms with Crippen molar-refractivity contribution >= 4 is 63.3 Å². The molecule has 0 unspecified atom stereocenters. The molecule has 3 heterocycles. The van der Waals surface area contributed by atoms with E-state index in [1.54, 1.807) is 21.6 Å². The van der Waals surface area contributed by atoms with Crippen LogP contribution in [-0.2, 0) is 33.8 Å². The third kappa shape index (κ3) is 10.3. The van der Waals surface area contributed by atoms with E-state index in [2.05, 4.69) is 10.6 Å². The molecular formula is C31H44Cl2N6O10S. The molecule has 0 radical (unpaired) electrons. The molecule has 1 aromatic rings. The second kappa shape index (κ2) is 18.1. The molecule has 2 atom stereocenters. The number of likely N-dealkylation sites (tertiary alicyclic amines) is 1. The normalized spacial score (nSPS) is 19.4. The van der Waals surface area contributed by atoms with Gasteiger partial charge in [-0.2, -0.15) is 4.31 Å². The molecule has 3 fully saturated rings. The van der Waals surface area contributed by atoms with Crippen LogP contribution in [0.2, 0.25) is 10.0 Å². The Morgan fingerprint density at radius 1 is 0.860 bits per heavy atom. The molecule has 0 aromatic heterocycles. The topological polar surface area (TPSA) is 184 Å². The van der Waals surface area contributed by atoms with Crippen molar-refractivity contribution < 1.29 is 46.6 Å². The molecule has 3 aliphatic heterocycles. The van der Waals surface area contributed by atoms with Crippen molar-refractivity contribution in [1.29, 1.82) is 0 Å². The molecule has 0 aliphatic carbocycles. The van der Waals surface area contributed by atoms with E-state index in [4.69, 9.17) is 37.4 Å². The Bertz CT molecular complexity index is 1480. The maximum atomic E-state index is 13.4. The van der Waals surface area contributed by atoms with Crippen LogP contribution in [0.25, 0.3) is 0 Å². The second-order valence-electron chi connectivity index (χ2n) is 12.2. The number of halogens is 2. The van der Waals surface area contributed by atoms with E-state index in [0.29, 0.717) is 71.6 Å². The lowest BCUT2D eigenvalue weighted by molar-refractivity contribution is -0.145. The van der Waals surface area contributed by atoms with Gasteiger partial charge in [0.15, 0.2) is 0 Å². The SMILES string of the molecule is CCOC(=O)N1CCN(C(=O)OCCC2CCN(C(=O)NC[C@H](NC(=O)[C@@H]3CCCN3S(=O)(=O)c3cc(Cl)cc(Cl)c3)C(=O)OC)CC2)CC1. The van der Waals surface area contributed by atoms with Gasteiger partial charge in [0.2, 0.25) is 15.9 Å². The first kappa shape index (κ1) is 39.2. The fraction of sp³-hybridized carbons (Fsp3) is 0.645. The number of rotatable bonds is 11. The number of carbonyl (C=O) groups excluding carboxylic acids is 5. The van der Waals surface area contributed by atoms with Crippen LogP contribution in [0, 0.1) is 5.92 Å². The minimum Gasteiger partial charge on any atom is -0.467 e. The number of amides is 5. The summed E-state index contributed by atoms with van der Waals surface area (Å²) >= 11 is 12.0. The van der Waals surface area contributed by atoms with Crippen LogP contribution >= 0.6 is 23.2 Å². The van der Waals surface area contributed by atoms with Gasteiger partial charge in [0.25, 0.3) is 0 Å². The lowest BCUT2D eigenvalue weighted by Crippen LogP contribution is -2.55. The van der Waals surface area contributed by atoms with E-state index in [9.17, 15) is 32.4 Å². The quantitative estimate of drug-likeness (QED) is 0.251. The average molecular weight is 764 g/mol. The Balaban J connectivity index is 1.20. The van der Waals surface area contributed by atoms with Crippen molar-refractivity contribution in [2.75, 3.05) is 72.7 Å². The van der Waals surface area contributed by atoms with Crippen LogP contribution in [0.4, 0.5) is 14.4 Å². The Labute approximate surface area is 301 Å². The van der Waals surface area contributed by atoms with E-state index in [1.807, 2.05) is 0 Å². The number of carbonyl (C=O) groups is 5. The number of hydrogen-bond donors (Lipinski definition) is 2. The van der Waals surface area contributed by atoms with Crippen LogP contribution in [0.15, 0.2) is 23.1 Å². The summed E-state index contributed by atoms with van der Waals surface area (Å²) in [5, 5.41) is 5.48. The summed E-state index contributed by atoms with van der Waals surface area (Å²) in [5.41, 5.74) is 0. The number of piperidine rings is 1. The Morgan fingerprint density at radius 2 is 1.46 bits per heavy atom. The van der Waals surface area contributed by atoms with Crippen molar-refractivity contribution in [2.24, 2.45) is 5.92 Å². The van der Waals surface area contributed by atoms with Crippen LogP contribution in [-0.4, -0.2) is 142 Å². The van der Waals surface area contributed by atoms with Gasteiger partial charge in [-0.25, -0.2) is 27.6 Å². The second-order valence-corrected chi connectivity index (χ2v) is 14.9. The van der Waals surface area contributed by atoms with Crippen molar-refractivity contribution in [3.8, 4) is 0 Å². The molecule has 0 saturated carbocycles. The fourth-order valence-electron chi connectivity index (χ4n) is 6.12. The van der Waals surface area contributed by atoms with Crippen molar-refractivity contribution in [3.05, 3.63) is 28.2 Å². The van der Waals surface area contributed by atoms with E-state index in [0.717, 1.165) is 11.4 Å². The number of nitrogens with zero attached hydrogens (tertiary/aromatic N) is 4. The third-order valence-corrected chi connectivity index (χ3v) is 11.2. The summed E-state index contributed by atoms with van der Waals surface area (Å²) in [6.07, 6.45) is 1.83. The molecule has 1 aromatic carbocycles. The molecular weight excluding hydrogens is 719 g/mol. The van der Waals surface area contributed by atoms with Crippen LogP contribution in [0.1, 0.15) is 39.0 Å². The zero-order valence-corrected chi connectivity index (χ0v) is 30.4. The largest absolute Gasteiger partial charge is 0.467 e. The minimum absolute atomic E-state index is 0.0818. The lowest BCUT2D eigenvalue weighted by atomic mass is 9.94. The highest BCUT2D eigenvalue weighted by atomic mass is 35.5.